The van der Waals surface area contributed by atoms with E-state index in [9.17, 15) is 9.18 Å². The molecule has 3 aromatic rings. The normalized spacial score (nSPS) is 20.9. The maximum absolute atomic E-state index is 14.5. The summed E-state index contributed by atoms with van der Waals surface area (Å²) in [4.78, 5) is 16.8. The van der Waals surface area contributed by atoms with Crippen molar-refractivity contribution in [1.29, 1.82) is 0 Å². The van der Waals surface area contributed by atoms with E-state index in [1.807, 2.05) is 41.0 Å². The Morgan fingerprint density at radius 3 is 2.90 bits per heavy atom. The van der Waals surface area contributed by atoms with Gasteiger partial charge in [-0.2, -0.15) is 0 Å². The van der Waals surface area contributed by atoms with Gasteiger partial charge in [-0.25, -0.2) is 9.37 Å². The minimum absolute atomic E-state index is 0.0923. The standard InChI is InChI=1S/C21H21FN6O/c22-14-6-1-2-9-17(14)28-12-24-27-20(28)16-8-4-10-18(26-16)25-15-7-3-5-13-11-23-21(29)19(13)15/h3-5,7-8,10,12,14,17H,1-2,6,9,11H2,(H,23,29)(H,25,26). The molecule has 2 aliphatic rings. The van der Waals surface area contributed by atoms with Gasteiger partial charge in [-0.15, -0.1) is 10.2 Å². The highest BCUT2D eigenvalue weighted by Gasteiger charge is 2.29. The Balaban J connectivity index is 1.46. The van der Waals surface area contributed by atoms with Gasteiger partial charge in [0, 0.05) is 6.54 Å². The van der Waals surface area contributed by atoms with Gasteiger partial charge in [-0.1, -0.05) is 31.0 Å². The number of halogens is 1. The second-order valence-electron chi connectivity index (χ2n) is 7.49. The van der Waals surface area contributed by atoms with Crippen LogP contribution in [-0.2, 0) is 6.54 Å². The van der Waals surface area contributed by atoms with Gasteiger partial charge in [-0.05, 0) is 36.6 Å². The average molecular weight is 392 g/mol. The maximum atomic E-state index is 14.5. The third kappa shape index (κ3) is 3.24. The summed E-state index contributed by atoms with van der Waals surface area (Å²) in [5.74, 6) is 1.05. The van der Waals surface area contributed by atoms with Crippen molar-refractivity contribution < 1.29 is 9.18 Å². The molecule has 1 amide bonds. The fourth-order valence-corrected chi connectivity index (χ4v) is 4.20. The second kappa shape index (κ2) is 7.27. The van der Waals surface area contributed by atoms with Crippen molar-refractivity contribution in [2.45, 2.75) is 44.4 Å². The zero-order chi connectivity index (χ0) is 19.8. The molecule has 1 aromatic carbocycles. The summed E-state index contributed by atoms with van der Waals surface area (Å²) in [6.45, 7) is 0.534. The highest BCUT2D eigenvalue weighted by atomic mass is 19.1. The van der Waals surface area contributed by atoms with Crippen molar-refractivity contribution in [2.24, 2.45) is 0 Å². The molecule has 5 rings (SSSR count). The fraction of sp³-hybridized carbons (Fsp3) is 0.333. The van der Waals surface area contributed by atoms with Gasteiger partial charge in [0.2, 0.25) is 0 Å². The molecule has 29 heavy (non-hydrogen) atoms. The lowest BCUT2D eigenvalue weighted by molar-refractivity contribution is 0.0966. The smallest absolute Gasteiger partial charge is 0.254 e. The third-order valence-corrected chi connectivity index (χ3v) is 5.64. The Morgan fingerprint density at radius 1 is 1.14 bits per heavy atom. The number of fused-ring (bicyclic) bond motifs is 1. The van der Waals surface area contributed by atoms with E-state index in [0.29, 0.717) is 41.6 Å². The van der Waals surface area contributed by atoms with E-state index in [1.165, 1.54) is 0 Å². The van der Waals surface area contributed by atoms with Gasteiger partial charge in [-0.3, -0.25) is 4.79 Å². The summed E-state index contributed by atoms with van der Waals surface area (Å²) in [5, 5.41) is 14.3. The Bertz CT molecular complexity index is 1060. The first-order valence-electron chi connectivity index (χ1n) is 9.89. The number of rotatable bonds is 4. The SMILES string of the molecule is O=C1NCc2cccc(Nc3cccc(-c4nncn4C4CCCCC4F)n3)c21. The number of alkyl halides is 1. The first-order valence-corrected chi connectivity index (χ1v) is 9.89. The molecule has 2 atom stereocenters. The Labute approximate surface area is 167 Å². The van der Waals surface area contributed by atoms with Gasteiger partial charge < -0.3 is 15.2 Å². The number of pyridine rings is 1. The number of anilines is 2. The van der Waals surface area contributed by atoms with Crippen LogP contribution in [0.25, 0.3) is 11.5 Å². The molecule has 2 aromatic heterocycles. The minimum atomic E-state index is -0.898. The van der Waals surface area contributed by atoms with Crippen LogP contribution in [0.15, 0.2) is 42.7 Å². The molecule has 2 unspecified atom stereocenters. The molecule has 3 heterocycles. The van der Waals surface area contributed by atoms with Crippen LogP contribution in [0.5, 0.6) is 0 Å². The van der Waals surface area contributed by atoms with Gasteiger partial charge in [0.1, 0.15) is 24.0 Å². The number of benzene rings is 1. The predicted octanol–water partition coefficient (Wildman–Crippen LogP) is 3.78. The monoisotopic (exact) mass is 392 g/mol. The fourth-order valence-electron chi connectivity index (χ4n) is 4.20. The van der Waals surface area contributed by atoms with Crippen molar-refractivity contribution in [1.82, 2.24) is 25.1 Å². The van der Waals surface area contributed by atoms with Crippen molar-refractivity contribution in [2.75, 3.05) is 5.32 Å². The summed E-state index contributed by atoms with van der Waals surface area (Å²) in [5.41, 5.74) is 2.93. The zero-order valence-electron chi connectivity index (χ0n) is 15.8. The summed E-state index contributed by atoms with van der Waals surface area (Å²) >= 11 is 0. The van der Waals surface area contributed by atoms with E-state index in [0.717, 1.165) is 24.8 Å². The first-order chi connectivity index (χ1) is 14.2. The van der Waals surface area contributed by atoms with Gasteiger partial charge in [0.25, 0.3) is 5.91 Å². The molecule has 7 nitrogen and oxygen atoms in total. The number of aromatic nitrogens is 4. The molecular weight excluding hydrogens is 371 g/mol. The number of hydrogen-bond donors (Lipinski definition) is 2. The molecule has 1 fully saturated rings. The van der Waals surface area contributed by atoms with E-state index in [1.54, 1.807) is 6.33 Å². The molecule has 1 aliphatic heterocycles. The molecule has 148 valence electrons. The van der Waals surface area contributed by atoms with E-state index in [2.05, 4.69) is 25.8 Å². The zero-order valence-corrected chi connectivity index (χ0v) is 15.8. The van der Waals surface area contributed by atoms with Crippen LogP contribution < -0.4 is 10.6 Å². The van der Waals surface area contributed by atoms with Gasteiger partial charge in [0.05, 0.1) is 17.3 Å². The minimum Gasteiger partial charge on any atom is -0.348 e. The van der Waals surface area contributed by atoms with Crippen LogP contribution >= 0.6 is 0 Å². The maximum Gasteiger partial charge on any atom is 0.254 e. The number of carbonyl (C=O) groups is 1. The number of amides is 1. The molecule has 0 radical (unpaired) electrons. The molecule has 1 saturated carbocycles. The van der Waals surface area contributed by atoms with E-state index < -0.39 is 6.17 Å². The van der Waals surface area contributed by atoms with Crippen LogP contribution in [0.2, 0.25) is 0 Å². The van der Waals surface area contributed by atoms with Crippen LogP contribution in [0.4, 0.5) is 15.9 Å². The lowest BCUT2D eigenvalue weighted by atomic mass is 9.93. The molecule has 0 saturated heterocycles. The van der Waals surface area contributed by atoms with E-state index in [-0.39, 0.29) is 11.9 Å². The molecule has 0 bridgehead atoms. The quantitative estimate of drug-likeness (QED) is 0.706. The number of hydrogen-bond acceptors (Lipinski definition) is 5. The van der Waals surface area contributed by atoms with Gasteiger partial charge >= 0.3 is 0 Å². The van der Waals surface area contributed by atoms with Crippen LogP contribution in [0.3, 0.4) is 0 Å². The summed E-state index contributed by atoms with van der Waals surface area (Å²) in [7, 11) is 0. The predicted molar refractivity (Wildman–Crippen MR) is 107 cm³/mol. The van der Waals surface area contributed by atoms with Crippen molar-refractivity contribution in [3.8, 4) is 11.5 Å². The molecule has 1 aliphatic carbocycles. The molecule has 2 N–H and O–H groups in total. The van der Waals surface area contributed by atoms with Crippen LogP contribution in [-0.4, -0.2) is 31.8 Å². The Morgan fingerprint density at radius 2 is 2.00 bits per heavy atom. The second-order valence-corrected chi connectivity index (χ2v) is 7.49. The van der Waals surface area contributed by atoms with Gasteiger partial charge in [0.15, 0.2) is 5.82 Å². The van der Waals surface area contributed by atoms with E-state index in [4.69, 9.17) is 0 Å². The third-order valence-electron chi connectivity index (χ3n) is 5.64. The highest BCUT2D eigenvalue weighted by Crippen LogP contribution is 2.34. The van der Waals surface area contributed by atoms with Crippen LogP contribution in [0.1, 0.15) is 47.6 Å². The summed E-state index contributed by atoms with van der Waals surface area (Å²) in [6, 6.07) is 11.0. The number of nitrogens with zero attached hydrogens (tertiary/aromatic N) is 4. The average Bonchev–Trinajstić information content (AvgIpc) is 3.36. The topological polar surface area (TPSA) is 84.7 Å². The van der Waals surface area contributed by atoms with Crippen molar-refractivity contribution in [3.05, 3.63) is 53.9 Å². The first kappa shape index (κ1) is 17.8. The van der Waals surface area contributed by atoms with Crippen molar-refractivity contribution >= 4 is 17.4 Å². The Kier molecular flexibility index (Phi) is 4.46. The number of carbonyl (C=O) groups excluding carboxylic acids is 1. The summed E-state index contributed by atoms with van der Waals surface area (Å²) < 4.78 is 16.3. The van der Waals surface area contributed by atoms with Crippen LogP contribution in [0, 0.1) is 0 Å². The molecule has 8 heteroatoms. The molecular formula is C21H21FN6O. The lowest BCUT2D eigenvalue weighted by Gasteiger charge is -2.27. The molecule has 0 spiro atoms. The Hall–Kier alpha value is -3.29. The van der Waals surface area contributed by atoms with E-state index >= 15 is 0 Å². The number of nitrogens with one attached hydrogen (secondary N) is 2. The highest BCUT2D eigenvalue weighted by molar-refractivity contribution is 6.04. The summed E-state index contributed by atoms with van der Waals surface area (Å²) in [6.07, 6.45) is 3.95. The lowest BCUT2D eigenvalue weighted by Crippen LogP contribution is -2.24. The van der Waals surface area contributed by atoms with Crippen molar-refractivity contribution in [3.63, 3.8) is 0 Å². The largest absolute Gasteiger partial charge is 0.348 e.